The highest BCUT2D eigenvalue weighted by atomic mass is 16.2. The molecule has 3 heteroatoms. The number of amides is 1. The van der Waals surface area contributed by atoms with E-state index in [0.29, 0.717) is 6.54 Å². The number of carbonyl (C=O) groups is 1. The van der Waals surface area contributed by atoms with Crippen molar-refractivity contribution in [3.63, 3.8) is 0 Å². The highest BCUT2D eigenvalue weighted by molar-refractivity contribution is 5.84. The molecule has 4 rings (SSSR count). The first-order valence-corrected chi connectivity index (χ1v) is 8.78. The van der Waals surface area contributed by atoms with Crippen molar-refractivity contribution in [2.24, 2.45) is 5.41 Å². The van der Waals surface area contributed by atoms with Gasteiger partial charge in [0.1, 0.15) is 0 Å². The summed E-state index contributed by atoms with van der Waals surface area (Å²) in [5.41, 5.74) is 4.94. The van der Waals surface area contributed by atoms with Crippen LogP contribution in [0.4, 0.5) is 0 Å². The molecule has 1 amide bonds. The standard InChI is InChI=1S/C21H24N2O/c1-16-6-8-17(9-7-16)14-23-11-10-21(15-23)12-18-4-2-3-5-19(18)13-22-20(21)24/h2-9H,10-15H2,1H3,(H,22,24). The molecule has 0 bridgehead atoms. The average molecular weight is 320 g/mol. The van der Waals surface area contributed by atoms with Gasteiger partial charge in [0.05, 0.1) is 5.41 Å². The summed E-state index contributed by atoms with van der Waals surface area (Å²) in [7, 11) is 0. The third-order valence-electron chi connectivity index (χ3n) is 5.53. The summed E-state index contributed by atoms with van der Waals surface area (Å²) in [5.74, 6) is 0.227. The minimum Gasteiger partial charge on any atom is -0.351 e. The maximum atomic E-state index is 12.8. The number of nitrogens with one attached hydrogen (secondary N) is 1. The first-order chi connectivity index (χ1) is 11.6. The van der Waals surface area contributed by atoms with Gasteiger partial charge in [-0.25, -0.2) is 0 Å². The van der Waals surface area contributed by atoms with E-state index in [2.05, 4.69) is 65.7 Å². The van der Waals surface area contributed by atoms with E-state index in [1.54, 1.807) is 0 Å². The Morgan fingerprint density at radius 3 is 2.62 bits per heavy atom. The van der Waals surface area contributed by atoms with E-state index in [0.717, 1.165) is 32.5 Å². The molecule has 1 unspecified atom stereocenters. The molecular formula is C21H24N2O. The zero-order chi connectivity index (χ0) is 16.6. The first kappa shape index (κ1) is 15.4. The second-order valence-corrected chi connectivity index (χ2v) is 7.35. The maximum absolute atomic E-state index is 12.8. The molecule has 24 heavy (non-hydrogen) atoms. The highest BCUT2D eigenvalue weighted by Gasteiger charge is 2.45. The van der Waals surface area contributed by atoms with Gasteiger partial charge in [0.15, 0.2) is 0 Å². The second-order valence-electron chi connectivity index (χ2n) is 7.35. The van der Waals surface area contributed by atoms with Crippen molar-refractivity contribution < 1.29 is 4.79 Å². The molecule has 2 aromatic carbocycles. The summed E-state index contributed by atoms with van der Waals surface area (Å²) < 4.78 is 0. The minimum atomic E-state index is -0.267. The molecule has 3 nitrogen and oxygen atoms in total. The number of likely N-dealkylation sites (tertiary alicyclic amines) is 1. The predicted octanol–water partition coefficient (Wildman–Crippen LogP) is 3.06. The van der Waals surface area contributed by atoms with Gasteiger partial charge >= 0.3 is 0 Å². The van der Waals surface area contributed by atoms with Crippen LogP contribution in [0.15, 0.2) is 48.5 Å². The van der Waals surface area contributed by atoms with Gasteiger partial charge < -0.3 is 5.32 Å². The van der Waals surface area contributed by atoms with Gasteiger partial charge in [0.25, 0.3) is 0 Å². The van der Waals surface area contributed by atoms with Crippen molar-refractivity contribution in [3.8, 4) is 0 Å². The Kier molecular flexibility index (Phi) is 3.89. The number of benzene rings is 2. The Balaban J connectivity index is 1.53. The summed E-state index contributed by atoms with van der Waals surface area (Å²) >= 11 is 0. The fourth-order valence-electron chi connectivity index (χ4n) is 4.08. The number of hydrogen-bond acceptors (Lipinski definition) is 2. The van der Waals surface area contributed by atoms with E-state index in [4.69, 9.17) is 0 Å². The van der Waals surface area contributed by atoms with Crippen LogP contribution < -0.4 is 5.32 Å². The molecule has 124 valence electrons. The lowest BCUT2D eigenvalue weighted by molar-refractivity contribution is -0.130. The molecule has 1 atom stereocenters. The van der Waals surface area contributed by atoms with Crippen molar-refractivity contribution in [1.29, 1.82) is 0 Å². The summed E-state index contributed by atoms with van der Waals surface area (Å²) in [6.45, 7) is 5.54. The van der Waals surface area contributed by atoms with Crippen molar-refractivity contribution >= 4 is 5.91 Å². The molecule has 1 fully saturated rings. The van der Waals surface area contributed by atoms with Crippen LogP contribution in [0.2, 0.25) is 0 Å². The van der Waals surface area contributed by atoms with E-state index in [-0.39, 0.29) is 11.3 Å². The van der Waals surface area contributed by atoms with Crippen molar-refractivity contribution in [2.45, 2.75) is 32.9 Å². The zero-order valence-electron chi connectivity index (χ0n) is 14.2. The van der Waals surface area contributed by atoms with Gasteiger partial charge in [0.2, 0.25) is 5.91 Å². The third kappa shape index (κ3) is 2.84. The van der Waals surface area contributed by atoms with Crippen molar-refractivity contribution in [1.82, 2.24) is 10.2 Å². The smallest absolute Gasteiger partial charge is 0.228 e. The number of nitrogens with zero attached hydrogens (tertiary/aromatic N) is 1. The Bertz CT molecular complexity index is 753. The van der Waals surface area contributed by atoms with Gasteiger partial charge in [-0.1, -0.05) is 54.1 Å². The topological polar surface area (TPSA) is 32.3 Å². The molecule has 0 aromatic heterocycles. The third-order valence-corrected chi connectivity index (χ3v) is 5.53. The second kappa shape index (κ2) is 6.06. The van der Waals surface area contributed by atoms with Gasteiger partial charge in [-0.05, 0) is 43.0 Å². The molecule has 1 saturated heterocycles. The summed E-state index contributed by atoms with van der Waals surface area (Å²) in [6.07, 6.45) is 1.80. The lowest BCUT2D eigenvalue weighted by Gasteiger charge is -2.26. The van der Waals surface area contributed by atoms with E-state index in [1.165, 1.54) is 22.3 Å². The first-order valence-electron chi connectivity index (χ1n) is 8.78. The molecule has 2 heterocycles. The molecule has 2 aliphatic heterocycles. The monoisotopic (exact) mass is 320 g/mol. The number of carbonyl (C=O) groups excluding carboxylic acids is 1. The van der Waals surface area contributed by atoms with Gasteiger partial charge in [0, 0.05) is 19.6 Å². The van der Waals surface area contributed by atoms with E-state index in [9.17, 15) is 4.79 Å². The van der Waals surface area contributed by atoms with Crippen LogP contribution in [0.5, 0.6) is 0 Å². The average Bonchev–Trinajstić information content (AvgIpc) is 2.93. The molecule has 1 N–H and O–H groups in total. The van der Waals surface area contributed by atoms with Crippen LogP contribution >= 0.6 is 0 Å². The van der Waals surface area contributed by atoms with Crippen LogP contribution in [-0.4, -0.2) is 23.9 Å². The van der Waals surface area contributed by atoms with Crippen LogP contribution in [0, 0.1) is 12.3 Å². The van der Waals surface area contributed by atoms with Gasteiger partial charge in [-0.2, -0.15) is 0 Å². The fraction of sp³-hybridized carbons (Fsp3) is 0.381. The van der Waals surface area contributed by atoms with Crippen LogP contribution in [0.25, 0.3) is 0 Å². The summed E-state index contributed by atoms with van der Waals surface area (Å²) in [6, 6.07) is 17.2. The van der Waals surface area contributed by atoms with Gasteiger partial charge in [-0.15, -0.1) is 0 Å². The lowest BCUT2D eigenvalue weighted by atomic mass is 9.80. The molecule has 2 aliphatic rings. The largest absolute Gasteiger partial charge is 0.351 e. The fourth-order valence-corrected chi connectivity index (χ4v) is 4.08. The molecule has 0 aliphatic carbocycles. The number of aryl methyl sites for hydroxylation is 1. The lowest BCUT2D eigenvalue weighted by Crippen LogP contribution is -2.42. The van der Waals surface area contributed by atoms with E-state index >= 15 is 0 Å². The molecular weight excluding hydrogens is 296 g/mol. The van der Waals surface area contributed by atoms with Crippen molar-refractivity contribution in [2.75, 3.05) is 13.1 Å². The minimum absolute atomic E-state index is 0.227. The zero-order valence-corrected chi connectivity index (χ0v) is 14.2. The Hall–Kier alpha value is -2.13. The molecule has 2 aromatic rings. The van der Waals surface area contributed by atoms with Crippen LogP contribution in [-0.2, 0) is 24.3 Å². The Morgan fingerprint density at radius 1 is 1.08 bits per heavy atom. The van der Waals surface area contributed by atoms with Crippen LogP contribution in [0.3, 0.4) is 0 Å². The van der Waals surface area contributed by atoms with Crippen LogP contribution in [0.1, 0.15) is 28.7 Å². The maximum Gasteiger partial charge on any atom is 0.228 e. The number of fused-ring (bicyclic) bond motifs is 1. The van der Waals surface area contributed by atoms with E-state index < -0.39 is 0 Å². The molecule has 0 radical (unpaired) electrons. The number of rotatable bonds is 2. The SMILES string of the molecule is Cc1ccc(CN2CCC3(Cc4ccccc4CNC3=O)C2)cc1. The Labute approximate surface area is 143 Å². The summed E-state index contributed by atoms with van der Waals surface area (Å²) in [5, 5.41) is 3.16. The predicted molar refractivity (Wildman–Crippen MR) is 95.5 cm³/mol. The molecule has 0 saturated carbocycles. The van der Waals surface area contributed by atoms with Gasteiger partial charge in [-0.3, -0.25) is 9.69 Å². The van der Waals surface area contributed by atoms with Crippen molar-refractivity contribution in [3.05, 3.63) is 70.8 Å². The van der Waals surface area contributed by atoms with E-state index in [1.807, 2.05) is 0 Å². The summed E-state index contributed by atoms with van der Waals surface area (Å²) in [4.78, 5) is 15.2. The Morgan fingerprint density at radius 2 is 1.83 bits per heavy atom. The normalized spacial score (nSPS) is 23.8. The molecule has 1 spiro atoms. The highest BCUT2D eigenvalue weighted by Crippen LogP contribution is 2.37. The quantitative estimate of drug-likeness (QED) is 0.922. The number of hydrogen-bond donors (Lipinski definition) is 1.